The van der Waals surface area contributed by atoms with Crippen molar-refractivity contribution in [3.8, 4) is 11.6 Å². The molecule has 1 unspecified atom stereocenters. The molecule has 0 aliphatic rings. The van der Waals surface area contributed by atoms with Crippen molar-refractivity contribution in [2.24, 2.45) is 5.73 Å². The van der Waals surface area contributed by atoms with E-state index in [1.165, 1.54) is 0 Å². The third-order valence-corrected chi connectivity index (χ3v) is 3.56. The molecule has 0 saturated heterocycles. The normalized spacial score (nSPS) is 12.3. The summed E-state index contributed by atoms with van der Waals surface area (Å²) < 4.78 is 16.0. The first-order valence-electron chi connectivity index (χ1n) is 6.74. The molecule has 0 radical (unpaired) electrons. The summed E-state index contributed by atoms with van der Waals surface area (Å²) in [5, 5.41) is 5.22. The van der Waals surface area contributed by atoms with E-state index >= 15 is 0 Å². The number of halogens is 1. The highest BCUT2D eigenvalue weighted by molar-refractivity contribution is 6.31. The Morgan fingerprint density at radius 2 is 2.14 bits per heavy atom. The molecule has 22 heavy (non-hydrogen) atoms. The molecular weight excluding hydrogens is 304 g/mol. The van der Waals surface area contributed by atoms with Crippen LogP contribution in [0.2, 0.25) is 5.02 Å². The van der Waals surface area contributed by atoms with Crippen molar-refractivity contribution in [1.29, 1.82) is 0 Å². The van der Waals surface area contributed by atoms with Crippen LogP contribution < -0.4 is 15.2 Å². The Morgan fingerprint density at radius 1 is 1.27 bits per heavy atom. The molecule has 5 nitrogen and oxygen atoms in total. The minimum Gasteiger partial charge on any atom is -0.497 e. The Balaban J connectivity index is 1.74. The smallest absolute Gasteiger partial charge is 0.262 e. The van der Waals surface area contributed by atoms with E-state index in [0.717, 1.165) is 16.7 Å². The van der Waals surface area contributed by atoms with Crippen LogP contribution in [0.1, 0.15) is 11.6 Å². The standard InChI is InChI=1S/C16H15ClN2O3/c1-20-12-4-2-3-10(7-12)14(18)9-21-16-13-8-11(17)5-6-15(13)22-19-16/h2-8,14H,9,18H2,1H3. The van der Waals surface area contributed by atoms with Gasteiger partial charge in [-0.3, -0.25) is 0 Å². The van der Waals surface area contributed by atoms with Crippen molar-refractivity contribution in [1.82, 2.24) is 5.16 Å². The number of benzene rings is 2. The zero-order valence-electron chi connectivity index (χ0n) is 12.0. The topological polar surface area (TPSA) is 70.5 Å². The van der Waals surface area contributed by atoms with E-state index < -0.39 is 0 Å². The first kappa shape index (κ1) is 14.7. The van der Waals surface area contributed by atoms with Crippen molar-refractivity contribution >= 4 is 22.6 Å². The number of fused-ring (bicyclic) bond motifs is 1. The zero-order chi connectivity index (χ0) is 15.5. The summed E-state index contributed by atoms with van der Waals surface area (Å²) in [6.07, 6.45) is 0. The molecule has 1 heterocycles. The minimum absolute atomic E-state index is 0.265. The Kier molecular flexibility index (Phi) is 4.18. The monoisotopic (exact) mass is 318 g/mol. The Morgan fingerprint density at radius 3 is 2.95 bits per heavy atom. The van der Waals surface area contributed by atoms with E-state index in [0.29, 0.717) is 16.5 Å². The fourth-order valence-electron chi connectivity index (χ4n) is 2.13. The summed E-state index contributed by atoms with van der Waals surface area (Å²) in [5.41, 5.74) is 7.69. The maximum atomic E-state index is 6.14. The van der Waals surface area contributed by atoms with Gasteiger partial charge in [0.1, 0.15) is 12.4 Å². The van der Waals surface area contributed by atoms with Crippen LogP contribution in [0.15, 0.2) is 47.0 Å². The molecule has 2 aromatic carbocycles. The van der Waals surface area contributed by atoms with Crippen LogP contribution in [0.4, 0.5) is 0 Å². The molecule has 6 heteroatoms. The van der Waals surface area contributed by atoms with Gasteiger partial charge in [0.15, 0.2) is 5.58 Å². The fraction of sp³-hybridized carbons (Fsp3) is 0.188. The maximum Gasteiger partial charge on any atom is 0.262 e. The van der Waals surface area contributed by atoms with Gasteiger partial charge in [-0.1, -0.05) is 23.7 Å². The van der Waals surface area contributed by atoms with Crippen LogP contribution in [-0.2, 0) is 0 Å². The van der Waals surface area contributed by atoms with Crippen molar-refractivity contribution in [2.45, 2.75) is 6.04 Å². The number of nitrogens with zero attached hydrogens (tertiary/aromatic N) is 1. The van der Waals surface area contributed by atoms with Crippen molar-refractivity contribution in [2.75, 3.05) is 13.7 Å². The summed E-state index contributed by atoms with van der Waals surface area (Å²) >= 11 is 5.98. The third kappa shape index (κ3) is 3.00. The number of nitrogens with two attached hydrogens (primary N) is 1. The Labute approximate surface area is 132 Å². The summed E-state index contributed by atoms with van der Waals surface area (Å²) in [6, 6.07) is 12.5. The molecule has 0 bridgehead atoms. The molecule has 114 valence electrons. The SMILES string of the molecule is COc1cccc(C(N)COc2noc3ccc(Cl)cc23)c1. The molecule has 0 aliphatic carbocycles. The summed E-state index contributed by atoms with van der Waals surface area (Å²) in [5.74, 6) is 1.14. The predicted molar refractivity (Wildman–Crippen MR) is 84.4 cm³/mol. The second-order valence-corrected chi connectivity index (χ2v) is 5.26. The number of hydrogen-bond donors (Lipinski definition) is 1. The van der Waals surface area contributed by atoms with Crippen molar-refractivity contribution < 1.29 is 14.0 Å². The molecule has 0 amide bonds. The van der Waals surface area contributed by atoms with Crippen LogP contribution in [0.25, 0.3) is 11.0 Å². The highest BCUT2D eigenvalue weighted by Crippen LogP contribution is 2.28. The highest BCUT2D eigenvalue weighted by atomic mass is 35.5. The first-order valence-corrected chi connectivity index (χ1v) is 7.12. The van der Waals surface area contributed by atoms with Gasteiger partial charge in [0.2, 0.25) is 0 Å². The maximum absolute atomic E-state index is 6.14. The highest BCUT2D eigenvalue weighted by Gasteiger charge is 2.13. The predicted octanol–water partition coefficient (Wildman–Crippen LogP) is 3.57. The Bertz CT molecular complexity index is 788. The van der Waals surface area contributed by atoms with E-state index in [4.69, 9.17) is 31.3 Å². The summed E-state index contributed by atoms with van der Waals surface area (Å²) in [7, 11) is 1.62. The van der Waals surface area contributed by atoms with E-state index in [1.54, 1.807) is 25.3 Å². The molecule has 0 aliphatic heterocycles. The van der Waals surface area contributed by atoms with E-state index in [2.05, 4.69) is 5.16 Å². The lowest BCUT2D eigenvalue weighted by atomic mass is 10.1. The molecule has 3 aromatic rings. The average molecular weight is 319 g/mol. The number of aromatic nitrogens is 1. The van der Waals surface area contributed by atoms with Gasteiger partial charge in [-0.25, -0.2) is 0 Å². The summed E-state index contributed by atoms with van der Waals surface area (Å²) in [6.45, 7) is 0.265. The average Bonchev–Trinajstić information content (AvgIpc) is 2.94. The quantitative estimate of drug-likeness (QED) is 0.778. The lowest BCUT2D eigenvalue weighted by Gasteiger charge is -2.13. The molecule has 0 saturated carbocycles. The molecule has 1 aromatic heterocycles. The molecule has 0 fully saturated rings. The number of methoxy groups -OCH3 is 1. The van der Waals surface area contributed by atoms with Gasteiger partial charge in [0.25, 0.3) is 5.88 Å². The number of ether oxygens (including phenoxy) is 2. The number of rotatable bonds is 5. The zero-order valence-corrected chi connectivity index (χ0v) is 12.7. The van der Waals surface area contributed by atoms with Gasteiger partial charge in [-0.05, 0) is 41.1 Å². The minimum atomic E-state index is -0.305. The van der Waals surface area contributed by atoms with Crippen molar-refractivity contribution in [3.05, 3.63) is 53.1 Å². The number of hydrogen-bond acceptors (Lipinski definition) is 5. The largest absolute Gasteiger partial charge is 0.497 e. The van der Waals surface area contributed by atoms with Gasteiger partial charge < -0.3 is 19.7 Å². The molecule has 3 rings (SSSR count). The van der Waals surface area contributed by atoms with E-state index in [-0.39, 0.29) is 12.6 Å². The fourth-order valence-corrected chi connectivity index (χ4v) is 2.30. The van der Waals surface area contributed by atoms with Crippen LogP contribution in [-0.4, -0.2) is 18.9 Å². The van der Waals surface area contributed by atoms with Gasteiger partial charge in [-0.2, -0.15) is 0 Å². The van der Waals surface area contributed by atoms with Crippen LogP contribution in [0, 0.1) is 0 Å². The van der Waals surface area contributed by atoms with Crippen LogP contribution in [0.5, 0.6) is 11.6 Å². The lowest BCUT2D eigenvalue weighted by Crippen LogP contribution is -2.19. The van der Waals surface area contributed by atoms with Gasteiger partial charge >= 0.3 is 0 Å². The summed E-state index contributed by atoms with van der Waals surface area (Å²) in [4.78, 5) is 0. The van der Waals surface area contributed by atoms with Gasteiger partial charge in [-0.15, -0.1) is 0 Å². The second-order valence-electron chi connectivity index (χ2n) is 4.82. The van der Waals surface area contributed by atoms with E-state index in [1.807, 2.05) is 24.3 Å². The van der Waals surface area contributed by atoms with Crippen molar-refractivity contribution in [3.63, 3.8) is 0 Å². The lowest BCUT2D eigenvalue weighted by molar-refractivity contribution is 0.264. The first-order chi connectivity index (χ1) is 10.7. The van der Waals surface area contributed by atoms with Gasteiger partial charge in [0.05, 0.1) is 18.5 Å². The molecular formula is C16H15ClN2O3. The van der Waals surface area contributed by atoms with Crippen LogP contribution in [0.3, 0.4) is 0 Å². The Hall–Kier alpha value is -2.24. The van der Waals surface area contributed by atoms with E-state index in [9.17, 15) is 0 Å². The van der Waals surface area contributed by atoms with Crippen LogP contribution >= 0.6 is 11.6 Å². The molecule has 2 N–H and O–H groups in total. The second kappa shape index (κ2) is 6.25. The molecule has 1 atom stereocenters. The third-order valence-electron chi connectivity index (χ3n) is 3.32. The van der Waals surface area contributed by atoms with Gasteiger partial charge in [0, 0.05) is 5.02 Å². The molecule has 0 spiro atoms.